The minimum atomic E-state index is -3.79. The third-order valence-corrected chi connectivity index (χ3v) is 5.78. The molecule has 0 atom stereocenters. The van der Waals surface area contributed by atoms with Crippen molar-refractivity contribution in [3.63, 3.8) is 0 Å². The van der Waals surface area contributed by atoms with Crippen molar-refractivity contribution in [1.82, 2.24) is 5.32 Å². The van der Waals surface area contributed by atoms with E-state index in [1.165, 1.54) is 29.6 Å². The second-order valence-electron chi connectivity index (χ2n) is 6.06. The molecule has 2 rings (SSSR count). The fourth-order valence-electron chi connectivity index (χ4n) is 2.51. The molecule has 0 heterocycles. The Balaban J connectivity index is 0.000000751. The number of nitrogens with zero attached hydrogens (tertiary/aromatic N) is 1. The van der Waals surface area contributed by atoms with Crippen LogP contribution >= 0.6 is 0 Å². The van der Waals surface area contributed by atoms with E-state index in [4.69, 9.17) is 24.5 Å². The van der Waals surface area contributed by atoms with E-state index in [2.05, 4.69) is 10.6 Å². The molecule has 2 aromatic carbocycles. The van der Waals surface area contributed by atoms with Crippen molar-refractivity contribution in [3.8, 4) is 5.75 Å². The zero-order valence-corrected chi connectivity index (χ0v) is 18.5. The summed E-state index contributed by atoms with van der Waals surface area (Å²) in [5, 5.41) is 20.2. The van der Waals surface area contributed by atoms with E-state index < -0.39 is 22.0 Å². The lowest BCUT2D eigenvalue weighted by Crippen LogP contribution is -2.31. The van der Waals surface area contributed by atoms with Crippen molar-refractivity contribution in [3.05, 3.63) is 48.5 Å². The van der Waals surface area contributed by atoms with Crippen molar-refractivity contribution in [2.24, 2.45) is 0 Å². The molecule has 0 aliphatic heterocycles. The number of carboxylic acid groups (broad SMARTS) is 2. The van der Waals surface area contributed by atoms with Crippen LogP contribution in [0.1, 0.15) is 6.92 Å². The predicted molar refractivity (Wildman–Crippen MR) is 117 cm³/mol. The number of rotatable bonds is 8. The quantitative estimate of drug-likeness (QED) is 0.418. The molecule has 4 N–H and O–H groups in total. The van der Waals surface area contributed by atoms with E-state index in [1.54, 1.807) is 38.2 Å². The summed E-state index contributed by atoms with van der Waals surface area (Å²) in [4.78, 5) is 30.1. The maximum absolute atomic E-state index is 13.1. The predicted octanol–water partition coefficient (Wildman–Crippen LogP) is 1.22. The third-order valence-electron chi connectivity index (χ3n) is 3.88. The van der Waals surface area contributed by atoms with Crippen LogP contribution < -0.4 is 19.7 Å². The van der Waals surface area contributed by atoms with Crippen LogP contribution in [0.5, 0.6) is 5.75 Å². The number of ether oxygens (including phenoxy) is 1. The SMILES string of the molecule is CCN(c1ccccc1)S(=O)(=O)c1ccc(OC)c(NC(=O)CNC)c1.O=C(O)C(=O)O. The number of anilines is 2. The Kier molecular flexibility index (Phi) is 10.1. The Hall–Kier alpha value is -3.64. The minimum absolute atomic E-state index is 0.0729. The van der Waals surface area contributed by atoms with Gasteiger partial charge in [0.1, 0.15) is 5.75 Å². The van der Waals surface area contributed by atoms with Crippen molar-refractivity contribution in [1.29, 1.82) is 0 Å². The Morgan fingerprint density at radius 2 is 1.62 bits per heavy atom. The maximum atomic E-state index is 13.1. The summed E-state index contributed by atoms with van der Waals surface area (Å²) in [5.41, 5.74) is 0.879. The van der Waals surface area contributed by atoms with Gasteiger partial charge < -0.3 is 25.6 Å². The molecule has 0 aliphatic rings. The molecule has 32 heavy (non-hydrogen) atoms. The molecule has 0 aromatic heterocycles. The molecule has 0 saturated heterocycles. The van der Waals surface area contributed by atoms with Gasteiger partial charge in [-0.2, -0.15) is 0 Å². The molecule has 0 spiro atoms. The summed E-state index contributed by atoms with van der Waals surface area (Å²) in [6, 6.07) is 13.3. The molecule has 0 unspecified atom stereocenters. The van der Waals surface area contributed by atoms with Crippen LogP contribution in [0, 0.1) is 0 Å². The van der Waals surface area contributed by atoms with Crippen LogP contribution in [0.25, 0.3) is 0 Å². The fraction of sp³-hybridized carbons (Fsp3) is 0.250. The second-order valence-corrected chi connectivity index (χ2v) is 7.92. The normalized spacial score (nSPS) is 10.3. The van der Waals surface area contributed by atoms with Gasteiger partial charge in [-0.1, -0.05) is 18.2 Å². The molecular weight excluding hydrogens is 442 g/mol. The summed E-state index contributed by atoms with van der Waals surface area (Å²) in [7, 11) is -0.682. The molecule has 12 heteroatoms. The highest BCUT2D eigenvalue weighted by atomic mass is 32.2. The lowest BCUT2D eigenvalue weighted by Gasteiger charge is -2.23. The van der Waals surface area contributed by atoms with Gasteiger partial charge in [-0.15, -0.1) is 0 Å². The molecule has 0 fully saturated rings. The number of carbonyl (C=O) groups excluding carboxylic acids is 1. The minimum Gasteiger partial charge on any atom is -0.495 e. The largest absolute Gasteiger partial charge is 0.495 e. The molecular formula is C20H25N3O8S. The lowest BCUT2D eigenvalue weighted by molar-refractivity contribution is -0.159. The first kappa shape index (κ1) is 26.4. The van der Waals surface area contributed by atoms with E-state index >= 15 is 0 Å². The zero-order valence-electron chi connectivity index (χ0n) is 17.7. The highest BCUT2D eigenvalue weighted by molar-refractivity contribution is 7.92. The second kappa shape index (κ2) is 12.3. The van der Waals surface area contributed by atoms with Gasteiger partial charge in [0.15, 0.2) is 0 Å². The zero-order chi connectivity index (χ0) is 24.3. The average Bonchev–Trinajstić information content (AvgIpc) is 2.75. The number of amides is 1. The average molecular weight is 468 g/mol. The van der Waals surface area contributed by atoms with Gasteiger partial charge in [0, 0.05) is 6.54 Å². The number of nitrogens with one attached hydrogen (secondary N) is 2. The van der Waals surface area contributed by atoms with Crippen LogP contribution in [0.3, 0.4) is 0 Å². The van der Waals surface area contributed by atoms with E-state index in [0.29, 0.717) is 17.1 Å². The van der Waals surface area contributed by atoms with Gasteiger partial charge in [-0.25, -0.2) is 18.0 Å². The molecule has 2 aromatic rings. The number of likely N-dealkylation sites (N-methyl/N-ethyl adjacent to an activating group) is 1. The van der Waals surface area contributed by atoms with Crippen LogP contribution in [-0.2, 0) is 24.4 Å². The van der Waals surface area contributed by atoms with Crippen LogP contribution in [0.15, 0.2) is 53.4 Å². The molecule has 11 nitrogen and oxygen atoms in total. The summed E-state index contributed by atoms with van der Waals surface area (Å²) in [6.07, 6.45) is 0. The number of hydrogen-bond acceptors (Lipinski definition) is 7. The summed E-state index contributed by atoms with van der Waals surface area (Å²) in [6.45, 7) is 2.15. The first-order valence-electron chi connectivity index (χ1n) is 9.24. The van der Waals surface area contributed by atoms with Crippen molar-refractivity contribution in [2.45, 2.75) is 11.8 Å². The van der Waals surface area contributed by atoms with E-state index in [1.807, 2.05) is 6.07 Å². The number of methoxy groups -OCH3 is 1. The molecule has 0 bridgehead atoms. The van der Waals surface area contributed by atoms with Crippen LogP contribution in [0.2, 0.25) is 0 Å². The number of hydrogen-bond donors (Lipinski definition) is 4. The van der Waals surface area contributed by atoms with E-state index in [9.17, 15) is 13.2 Å². The van der Waals surface area contributed by atoms with Crippen molar-refractivity contribution < 1.29 is 37.8 Å². The Morgan fingerprint density at radius 1 is 1.03 bits per heavy atom. The number of sulfonamides is 1. The topological polar surface area (TPSA) is 162 Å². The van der Waals surface area contributed by atoms with Gasteiger partial charge in [0.05, 0.1) is 29.9 Å². The Labute approximate surface area is 185 Å². The van der Waals surface area contributed by atoms with E-state index in [0.717, 1.165) is 0 Å². The number of para-hydroxylation sites is 1. The molecule has 0 saturated carbocycles. The molecule has 1 amide bonds. The van der Waals surface area contributed by atoms with Crippen molar-refractivity contribution in [2.75, 3.05) is 36.9 Å². The first-order valence-corrected chi connectivity index (χ1v) is 10.7. The van der Waals surface area contributed by atoms with Crippen molar-refractivity contribution >= 4 is 39.2 Å². The summed E-state index contributed by atoms with van der Waals surface area (Å²) >= 11 is 0. The Bertz CT molecular complexity index is 1030. The van der Waals surface area contributed by atoms with Crippen LogP contribution in [0.4, 0.5) is 11.4 Å². The molecule has 0 aliphatic carbocycles. The van der Waals surface area contributed by atoms with Gasteiger partial charge in [0.25, 0.3) is 10.0 Å². The number of carbonyl (C=O) groups is 3. The van der Waals surface area contributed by atoms with Gasteiger partial charge in [-0.3, -0.25) is 9.10 Å². The molecule has 174 valence electrons. The highest BCUT2D eigenvalue weighted by Gasteiger charge is 2.25. The lowest BCUT2D eigenvalue weighted by atomic mass is 10.3. The van der Waals surface area contributed by atoms with Gasteiger partial charge in [-0.05, 0) is 44.3 Å². The van der Waals surface area contributed by atoms with Crippen LogP contribution in [-0.4, -0.2) is 63.7 Å². The number of carboxylic acids is 2. The highest BCUT2D eigenvalue weighted by Crippen LogP contribution is 2.30. The summed E-state index contributed by atoms with van der Waals surface area (Å²) < 4.78 is 32.7. The van der Waals surface area contributed by atoms with Gasteiger partial charge in [0.2, 0.25) is 5.91 Å². The smallest absolute Gasteiger partial charge is 0.414 e. The maximum Gasteiger partial charge on any atom is 0.414 e. The number of aliphatic carboxylic acids is 2. The molecule has 0 radical (unpaired) electrons. The van der Waals surface area contributed by atoms with Gasteiger partial charge >= 0.3 is 11.9 Å². The fourth-order valence-corrected chi connectivity index (χ4v) is 4.01. The summed E-state index contributed by atoms with van der Waals surface area (Å²) in [5.74, 6) is -3.56. The first-order chi connectivity index (χ1) is 15.1. The number of benzene rings is 2. The monoisotopic (exact) mass is 467 g/mol. The van der Waals surface area contributed by atoms with E-state index in [-0.39, 0.29) is 23.9 Å². The standard InChI is InChI=1S/C18H23N3O4S.C2H2O4/c1-4-21(14-8-6-5-7-9-14)26(23,24)15-10-11-17(25-3)16(12-15)20-18(22)13-19-2;3-1(4)2(5)6/h5-12,19H,4,13H2,1-3H3,(H,20,22);(H,3,4)(H,5,6). The third kappa shape index (κ3) is 7.25. The Morgan fingerprint density at radius 3 is 2.09 bits per heavy atom.